The molecule has 8 nitrogen and oxygen atoms in total. The third-order valence-electron chi connectivity index (χ3n) is 2.64. The molecule has 2 rings (SSSR count). The van der Waals surface area contributed by atoms with Crippen LogP contribution in [0.5, 0.6) is 5.88 Å². The number of ether oxygens (including phenoxy) is 2. The second kappa shape index (κ2) is 8.11. The molecule has 1 N–H and O–H groups in total. The van der Waals surface area contributed by atoms with E-state index < -0.39 is 24.4 Å². The lowest BCUT2D eigenvalue weighted by Gasteiger charge is -2.07. The Morgan fingerprint density at radius 1 is 1.29 bits per heavy atom. The van der Waals surface area contributed by atoms with E-state index in [1.165, 1.54) is 30.5 Å². The van der Waals surface area contributed by atoms with Crippen LogP contribution in [0.3, 0.4) is 0 Å². The van der Waals surface area contributed by atoms with Crippen molar-refractivity contribution in [3.63, 3.8) is 0 Å². The first-order chi connectivity index (χ1) is 11.5. The summed E-state index contributed by atoms with van der Waals surface area (Å²) in [5, 5.41) is 2.06. The third kappa shape index (κ3) is 4.56. The number of carbonyl (C=O) groups excluding carboxylic acids is 3. The van der Waals surface area contributed by atoms with E-state index >= 15 is 0 Å². The number of carbonyl (C=O) groups is 3. The molecule has 0 atom stereocenters. The average Bonchev–Trinajstić information content (AvgIpc) is 3.09. The van der Waals surface area contributed by atoms with Gasteiger partial charge in [-0.3, -0.25) is 14.9 Å². The molecule has 0 saturated carbocycles. The summed E-state index contributed by atoms with van der Waals surface area (Å²) in [5.41, 5.74) is -0.187. The molecule has 0 unspecified atom stereocenters. The summed E-state index contributed by atoms with van der Waals surface area (Å²) in [4.78, 5) is 39.0. The number of imide groups is 1. The molecule has 0 aliphatic rings. The number of rotatable bonds is 6. The fourth-order valence-corrected chi connectivity index (χ4v) is 1.81. The van der Waals surface area contributed by atoms with Gasteiger partial charge in [-0.15, -0.1) is 0 Å². The van der Waals surface area contributed by atoms with Gasteiger partial charge in [0.1, 0.15) is 0 Å². The highest BCUT2D eigenvalue weighted by Gasteiger charge is 2.18. The van der Waals surface area contributed by atoms with E-state index in [0.717, 1.165) is 0 Å². The Kier molecular flexibility index (Phi) is 5.91. The number of halogens is 1. The quantitative estimate of drug-likeness (QED) is 0.790. The summed E-state index contributed by atoms with van der Waals surface area (Å²) in [6, 6.07) is 5.81. The summed E-state index contributed by atoms with van der Waals surface area (Å²) in [5.74, 6) is -2.31. The van der Waals surface area contributed by atoms with Crippen LogP contribution in [0.2, 0.25) is 5.02 Å². The van der Waals surface area contributed by atoms with E-state index in [2.05, 4.69) is 4.98 Å². The number of esters is 1. The van der Waals surface area contributed by atoms with Gasteiger partial charge < -0.3 is 13.9 Å². The summed E-state index contributed by atoms with van der Waals surface area (Å²) in [6.45, 7) is 1.44. The first kappa shape index (κ1) is 17.5. The minimum absolute atomic E-state index is 0.0381. The zero-order valence-electron chi connectivity index (χ0n) is 12.6. The van der Waals surface area contributed by atoms with E-state index in [9.17, 15) is 14.4 Å². The molecule has 0 aromatic carbocycles. The number of aromatic nitrogens is 1. The average molecular weight is 353 g/mol. The largest absolute Gasteiger partial charge is 0.478 e. The third-order valence-corrected chi connectivity index (χ3v) is 2.94. The van der Waals surface area contributed by atoms with Crippen LogP contribution >= 0.6 is 11.6 Å². The molecule has 2 aromatic rings. The van der Waals surface area contributed by atoms with Gasteiger partial charge in [0, 0.05) is 6.07 Å². The van der Waals surface area contributed by atoms with Crippen LogP contribution in [0.25, 0.3) is 0 Å². The van der Waals surface area contributed by atoms with Gasteiger partial charge in [-0.2, -0.15) is 0 Å². The summed E-state index contributed by atoms with van der Waals surface area (Å²) >= 11 is 5.87. The van der Waals surface area contributed by atoms with Gasteiger partial charge in [0.2, 0.25) is 5.88 Å². The van der Waals surface area contributed by atoms with Crippen LogP contribution in [0.4, 0.5) is 0 Å². The first-order valence-corrected chi connectivity index (χ1v) is 7.23. The lowest BCUT2D eigenvalue weighted by molar-refractivity contribution is -0.123. The molecule has 2 aromatic heterocycles. The highest BCUT2D eigenvalue weighted by Crippen LogP contribution is 2.18. The topological polar surface area (TPSA) is 108 Å². The van der Waals surface area contributed by atoms with Crippen molar-refractivity contribution in [1.29, 1.82) is 0 Å². The van der Waals surface area contributed by atoms with Crippen LogP contribution < -0.4 is 10.1 Å². The predicted octanol–water partition coefficient (Wildman–Crippen LogP) is 1.84. The lowest BCUT2D eigenvalue weighted by Crippen LogP contribution is -2.34. The Labute approximate surface area is 141 Å². The van der Waals surface area contributed by atoms with Gasteiger partial charge in [0.25, 0.3) is 11.8 Å². The number of hydrogen-bond donors (Lipinski definition) is 1. The van der Waals surface area contributed by atoms with Crippen LogP contribution in [0, 0.1) is 0 Å². The standard InChI is InChI=1S/C15H13ClN2O6/c1-2-22-12-6-5-9(16)13(18-12)15(21)24-8-11(19)17-14(20)10-4-3-7-23-10/h3-7H,2,8H2,1H3,(H,17,19,20). The van der Waals surface area contributed by atoms with Gasteiger partial charge in [0.05, 0.1) is 17.9 Å². The zero-order chi connectivity index (χ0) is 17.5. The molecule has 0 aliphatic heterocycles. The molecular weight excluding hydrogens is 340 g/mol. The minimum Gasteiger partial charge on any atom is -0.478 e. The van der Waals surface area contributed by atoms with Crippen LogP contribution in [0.15, 0.2) is 34.9 Å². The van der Waals surface area contributed by atoms with Gasteiger partial charge in [-0.1, -0.05) is 11.6 Å². The lowest BCUT2D eigenvalue weighted by atomic mass is 10.3. The molecule has 2 amide bonds. The Morgan fingerprint density at radius 2 is 2.08 bits per heavy atom. The number of nitrogens with one attached hydrogen (secondary N) is 1. The second-order valence-electron chi connectivity index (χ2n) is 4.34. The molecule has 0 aliphatic carbocycles. The summed E-state index contributed by atoms with van der Waals surface area (Å²) < 4.78 is 14.8. The van der Waals surface area contributed by atoms with Gasteiger partial charge in [-0.05, 0) is 25.1 Å². The number of nitrogens with zero attached hydrogens (tertiary/aromatic N) is 1. The maximum atomic E-state index is 11.9. The van der Waals surface area contributed by atoms with E-state index in [-0.39, 0.29) is 22.4 Å². The number of pyridine rings is 1. The van der Waals surface area contributed by atoms with E-state index in [0.29, 0.717) is 6.61 Å². The molecule has 126 valence electrons. The zero-order valence-corrected chi connectivity index (χ0v) is 13.3. The number of amides is 2. The molecule has 0 spiro atoms. The van der Waals surface area contributed by atoms with E-state index in [4.69, 9.17) is 25.5 Å². The monoisotopic (exact) mass is 352 g/mol. The highest BCUT2D eigenvalue weighted by molar-refractivity contribution is 6.33. The Morgan fingerprint density at radius 3 is 2.75 bits per heavy atom. The predicted molar refractivity (Wildman–Crippen MR) is 81.9 cm³/mol. The molecule has 0 fully saturated rings. The van der Waals surface area contributed by atoms with Crippen molar-refractivity contribution in [2.75, 3.05) is 13.2 Å². The van der Waals surface area contributed by atoms with Crippen LogP contribution in [-0.4, -0.2) is 36.0 Å². The minimum atomic E-state index is -0.915. The maximum absolute atomic E-state index is 11.9. The molecule has 0 bridgehead atoms. The van der Waals surface area contributed by atoms with Crippen molar-refractivity contribution in [2.45, 2.75) is 6.92 Å². The molecule has 2 heterocycles. The Bertz CT molecular complexity index is 744. The first-order valence-electron chi connectivity index (χ1n) is 6.85. The fourth-order valence-electron chi connectivity index (χ4n) is 1.63. The van der Waals surface area contributed by atoms with Crippen molar-refractivity contribution in [3.8, 4) is 5.88 Å². The number of hydrogen-bond acceptors (Lipinski definition) is 7. The van der Waals surface area contributed by atoms with Crippen LogP contribution in [-0.2, 0) is 9.53 Å². The van der Waals surface area contributed by atoms with Crippen molar-refractivity contribution in [3.05, 3.63) is 47.0 Å². The highest BCUT2D eigenvalue weighted by atomic mass is 35.5. The maximum Gasteiger partial charge on any atom is 0.359 e. The summed E-state index contributed by atoms with van der Waals surface area (Å²) in [6.07, 6.45) is 1.29. The molecule has 24 heavy (non-hydrogen) atoms. The summed E-state index contributed by atoms with van der Waals surface area (Å²) in [7, 11) is 0. The smallest absolute Gasteiger partial charge is 0.359 e. The molecule has 9 heteroatoms. The van der Waals surface area contributed by atoms with E-state index in [1.807, 2.05) is 5.32 Å². The van der Waals surface area contributed by atoms with Crippen molar-refractivity contribution in [1.82, 2.24) is 10.3 Å². The molecule has 0 radical (unpaired) electrons. The van der Waals surface area contributed by atoms with Crippen molar-refractivity contribution in [2.24, 2.45) is 0 Å². The Balaban J connectivity index is 1.91. The van der Waals surface area contributed by atoms with E-state index in [1.54, 1.807) is 6.92 Å². The molecular formula is C15H13ClN2O6. The SMILES string of the molecule is CCOc1ccc(Cl)c(C(=O)OCC(=O)NC(=O)c2ccco2)n1. The molecule has 0 saturated heterocycles. The second-order valence-corrected chi connectivity index (χ2v) is 4.75. The van der Waals surface area contributed by atoms with Gasteiger partial charge >= 0.3 is 5.97 Å². The van der Waals surface area contributed by atoms with Crippen molar-refractivity contribution >= 4 is 29.4 Å². The van der Waals surface area contributed by atoms with Crippen molar-refractivity contribution < 1.29 is 28.3 Å². The van der Waals surface area contributed by atoms with Gasteiger partial charge in [0.15, 0.2) is 18.1 Å². The van der Waals surface area contributed by atoms with Crippen LogP contribution in [0.1, 0.15) is 28.0 Å². The Hall–Kier alpha value is -2.87. The normalized spacial score (nSPS) is 10.1. The van der Waals surface area contributed by atoms with Gasteiger partial charge in [-0.25, -0.2) is 9.78 Å². The fraction of sp³-hybridized carbons (Fsp3) is 0.200. The number of furan rings is 1.